The van der Waals surface area contributed by atoms with Crippen LogP contribution in [0.4, 0.5) is 4.79 Å². The van der Waals surface area contributed by atoms with Crippen molar-refractivity contribution in [1.29, 1.82) is 0 Å². The summed E-state index contributed by atoms with van der Waals surface area (Å²) in [5.41, 5.74) is 1.30. The van der Waals surface area contributed by atoms with Crippen LogP contribution in [0.5, 0.6) is 0 Å². The summed E-state index contributed by atoms with van der Waals surface area (Å²) in [4.78, 5) is 38.8. The van der Waals surface area contributed by atoms with E-state index in [4.69, 9.17) is 4.74 Å². The molecule has 0 saturated heterocycles. The number of carbonyl (C=O) groups is 3. The number of hydrogen-bond acceptors (Lipinski definition) is 5. The van der Waals surface area contributed by atoms with Gasteiger partial charge in [-0.05, 0) is 35.8 Å². The first-order valence-corrected chi connectivity index (χ1v) is 14.8. The average Bonchev–Trinajstić information content (AvgIpc) is 2.94. The summed E-state index contributed by atoms with van der Waals surface area (Å²) in [5.74, 6) is -1.04. The summed E-state index contributed by atoms with van der Waals surface area (Å²) in [6, 6.07) is 18.2. The monoisotopic (exact) mass is 567 g/mol. The van der Waals surface area contributed by atoms with Crippen LogP contribution in [0.1, 0.15) is 77.8 Å². The summed E-state index contributed by atoms with van der Waals surface area (Å²) in [6.45, 7) is 9.99. The van der Waals surface area contributed by atoms with Crippen molar-refractivity contribution in [1.82, 2.24) is 16.0 Å². The van der Waals surface area contributed by atoms with Gasteiger partial charge in [0.05, 0.1) is 18.1 Å². The number of benzene rings is 2. The quantitative estimate of drug-likeness (QED) is 0.224. The number of hydrogen-bond donors (Lipinski definition) is 4. The maximum Gasteiger partial charge on any atom is 0.407 e. The highest BCUT2D eigenvalue weighted by molar-refractivity contribution is 5.86. The first-order valence-electron chi connectivity index (χ1n) is 14.8. The molecule has 0 aliphatic rings. The molecule has 4 N–H and O–H groups in total. The molecule has 2 aromatic rings. The second-order valence-electron chi connectivity index (χ2n) is 11.8. The molecule has 0 heterocycles. The second-order valence-corrected chi connectivity index (χ2v) is 11.8. The van der Waals surface area contributed by atoms with Gasteiger partial charge in [0.2, 0.25) is 11.8 Å². The Labute approximate surface area is 245 Å². The number of aliphatic hydroxyl groups excluding tert-OH is 1. The zero-order valence-corrected chi connectivity index (χ0v) is 25.3. The van der Waals surface area contributed by atoms with Gasteiger partial charge < -0.3 is 25.8 Å². The largest absolute Gasteiger partial charge is 0.445 e. The molecule has 8 nitrogen and oxygen atoms in total. The van der Waals surface area contributed by atoms with E-state index in [0.717, 1.165) is 36.8 Å². The molecule has 0 radical (unpaired) electrons. The van der Waals surface area contributed by atoms with Crippen LogP contribution in [-0.4, -0.2) is 47.7 Å². The molecule has 0 bridgehead atoms. The Morgan fingerprint density at radius 2 is 1.41 bits per heavy atom. The van der Waals surface area contributed by atoms with Gasteiger partial charge in [0.15, 0.2) is 0 Å². The fourth-order valence-corrected chi connectivity index (χ4v) is 4.79. The SMILES string of the molecule is CCCC(CCC)NC(=O)C[C@@H](C(=O)NC[C@@H](O)[C@H](Cc1ccccc1)NC(=O)OCc1ccccc1)C(C)(C)C. The number of amides is 3. The van der Waals surface area contributed by atoms with Crippen LogP contribution in [0.2, 0.25) is 0 Å². The van der Waals surface area contributed by atoms with Crippen LogP contribution in [0.25, 0.3) is 0 Å². The Morgan fingerprint density at radius 1 is 0.854 bits per heavy atom. The van der Waals surface area contributed by atoms with E-state index in [1.54, 1.807) is 0 Å². The first kappa shape index (κ1) is 33.8. The van der Waals surface area contributed by atoms with Gasteiger partial charge >= 0.3 is 6.09 Å². The summed E-state index contributed by atoms with van der Waals surface area (Å²) in [6.07, 6.45) is 2.43. The molecule has 0 spiro atoms. The highest BCUT2D eigenvalue weighted by Crippen LogP contribution is 2.29. The van der Waals surface area contributed by atoms with E-state index in [1.807, 2.05) is 81.4 Å². The van der Waals surface area contributed by atoms with Crippen molar-refractivity contribution in [2.45, 2.75) is 97.9 Å². The molecule has 2 aromatic carbocycles. The summed E-state index contributed by atoms with van der Waals surface area (Å²) in [5, 5.41) is 19.8. The Balaban J connectivity index is 2.03. The normalized spacial score (nSPS) is 13.6. The van der Waals surface area contributed by atoms with E-state index in [1.165, 1.54) is 0 Å². The van der Waals surface area contributed by atoms with Crippen LogP contribution >= 0.6 is 0 Å². The summed E-state index contributed by atoms with van der Waals surface area (Å²) in [7, 11) is 0. The zero-order valence-electron chi connectivity index (χ0n) is 25.3. The van der Waals surface area contributed by atoms with Crippen molar-refractivity contribution in [2.24, 2.45) is 11.3 Å². The van der Waals surface area contributed by atoms with Gasteiger partial charge in [-0.1, -0.05) is 108 Å². The van der Waals surface area contributed by atoms with Crippen molar-refractivity contribution in [3.8, 4) is 0 Å². The lowest BCUT2D eigenvalue weighted by Gasteiger charge is -2.31. The molecule has 0 fully saturated rings. The molecule has 3 amide bonds. The van der Waals surface area contributed by atoms with Gasteiger partial charge in [-0.3, -0.25) is 9.59 Å². The molecule has 0 aliphatic heterocycles. The summed E-state index contributed by atoms with van der Waals surface area (Å²) >= 11 is 0. The van der Waals surface area contributed by atoms with Crippen LogP contribution < -0.4 is 16.0 Å². The van der Waals surface area contributed by atoms with Crippen LogP contribution in [0.3, 0.4) is 0 Å². The van der Waals surface area contributed by atoms with Crippen molar-refractivity contribution < 1.29 is 24.2 Å². The number of nitrogens with one attached hydrogen (secondary N) is 3. The number of aliphatic hydroxyl groups is 1. The molecule has 2 rings (SSSR count). The third-order valence-electron chi connectivity index (χ3n) is 7.16. The lowest BCUT2D eigenvalue weighted by molar-refractivity contribution is -0.134. The molecule has 0 unspecified atom stereocenters. The Hall–Kier alpha value is -3.39. The molecular weight excluding hydrogens is 518 g/mol. The summed E-state index contributed by atoms with van der Waals surface area (Å²) < 4.78 is 5.37. The van der Waals surface area contributed by atoms with Crippen molar-refractivity contribution >= 4 is 17.9 Å². The van der Waals surface area contributed by atoms with Gasteiger partial charge in [0, 0.05) is 19.0 Å². The highest BCUT2D eigenvalue weighted by atomic mass is 16.5. The van der Waals surface area contributed by atoms with Gasteiger partial charge in [-0.2, -0.15) is 0 Å². The Kier molecular flexibility index (Phi) is 14.4. The van der Waals surface area contributed by atoms with Gasteiger partial charge in [-0.25, -0.2) is 4.79 Å². The minimum Gasteiger partial charge on any atom is -0.445 e. The topological polar surface area (TPSA) is 117 Å². The fourth-order valence-electron chi connectivity index (χ4n) is 4.79. The second kappa shape index (κ2) is 17.4. The average molecular weight is 568 g/mol. The van der Waals surface area contributed by atoms with Crippen molar-refractivity contribution in [2.75, 3.05) is 6.54 Å². The Bertz CT molecular complexity index is 1050. The van der Waals surface area contributed by atoms with Gasteiger partial charge in [0.1, 0.15) is 6.61 Å². The molecular formula is C33H49N3O5. The van der Waals surface area contributed by atoms with E-state index >= 15 is 0 Å². The number of ether oxygens (including phenoxy) is 1. The van der Waals surface area contributed by atoms with Crippen LogP contribution in [0.15, 0.2) is 60.7 Å². The van der Waals surface area contributed by atoms with E-state index in [2.05, 4.69) is 29.8 Å². The number of alkyl carbamates (subject to hydrolysis) is 1. The molecule has 0 aromatic heterocycles. The fraction of sp³-hybridized carbons (Fsp3) is 0.545. The third kappa shape index (κ3) is 12.8. The molecule has 8 heteroatoms. The van der Waals surface area contributed by atoms with E-state index < -0.39 is 29.6 Å². The van der Waals surface area contributed by atoms with Crippen molar-refractivity contribution in [3.63, 3.8) is 0 Å². The smallest absolute Gasteiger partial charge is 0.407 e. The third-order valence-corrected chi connectivity index (χ3v) is 7.16. The predicted molar refractivity (Wildman–Crippen MR) is 162 cm³/mol. The van der Waals surface area contributed by atoms with E-state index in [9.17, 15) is 19.5 Å². The molecule has 0 saturated carbocycles. The minimum atomic E-state index is -1.09. The standard InChI is InChI=1S/C33H49N3O5/c1-6-14-26(15-7-2)35-30(38)21-27(33(3,4)5)31(39)34-22-29(37)28(20-24-16-10-8-11-17-24)36-32(40)41-23-25-18-12-9-13-19-25/h8-13,16-19,26-29,37H,6-7,14-15,20-23H2,1-5H3,(H,34,39)(H,35,38)(H,36,40)/t27-,28-,29+/m0/s1. The lowest BCUT2D eigenvalue weighted by Crippen LogP contribution is -2.51. The molecule has 41 heavy (non-hydrogen) atoms. The van der Waals surface area contributed by atoms with Gasteiger partial charge in [-0.15, -0.1) is 0 Å². The Morgan fingerprint density at radius 3 is 1.95 bits per heavy atom. The first-order chi connectivity index (χ1) is 19.5. The van der Waals surface area contributed by atoms with Crippen molar-refractivity contribution in [3.05, 3.63) is 71.8 Å². The number of rotatable bonds is 16. The van der Waals surface area contributed by atoms with Crippen LogP contribution in [0, 0.1) is 11.3 Å². The maximum atomic E-state index is 13.3. The zero-order chi connectivity index (χ0) is 30.3. The van der Waals surface area contributed by atoms with Gasteiger partial charge in [0.25, 0.3) is 0 Å². The van der Waals surface area contributed by atoms with E-state index in [0.29, 0.717) is 6.42 Å². The minimum absolute atomic E-state index is 0.0624. The lowest BCUT2D eigenvalue weighted by atomic mass is 9.77. The molecule has 3 atom stereocenters. The number of carbonyl (C=O) groups excluding carboxylic acids is 3. The van der Waals surface area contributed by atoms with Crippen LogP contribution in [-0.2, 0) is 27.4 Å². The highest BCUT2D eigenvalue weighted by Gasteiger charge is 2.34. The van der Waals surface area contributed by atoms with E-state index in [-0.39, 0.29) is 37.4 Å². The molecule has 226 valence electrons. The predicted octanol–water partition coefficient (Wildman–Crippen LogP) is 5.14. The molecule has 0 aliphatic carbocycles. The maximum absolute atomic E-state index is 13.3.